The molecule has 21 heavy (non-hydrogen) atoms. The van der Waals surface area contributed by atoms with Crippen LogP contribution < -0.4 is 0 Å². The van der Waals surface area contributed by atoms with Gasteiger partial charge in [-0.25, -0.2) is 0 Å². The van der Waals surface area contributed by atoms with Crippen molar-refractivity contribution in [1.82, 2.24) is 0 Å². The fourth-order valence-corrected chi connectivity index (χ4v) is 2.57. The molecule has 0 saturated carbocycles. The quantitative estimate of drug-likeness (QED) is 0.423. The fraction of sp³-hybridized carbons (Fsp3) is 0.875. The van der Waals surface area contributed by atoms with Crippen LogP contribution in [0.3, 0.4) is 0 Å². The number of rotatable bonds is 6. The van der Waals surface area contributed by atoms with E-state index < -0.39 is 25.8 Å². The molecule has 124 valence electrons. The third-order valence-electron chi connectivity index (χ3n) is 3.86. The molecular weight excluding hydrogens is 284 g/mol. The summed E-state index contributed by atoms with van der Waals surface area (Å²) in [7, 11) is -1.85. The van der Waals surface area contributed by atoms with E-state index in [-0.39, 0.29) is 10.8 Å². The van der Waals surface area contributed by atoms with Gasteiger partial charge in [-0.3, -0.25) is 9.59 Å². The summed E-state index contributed by atoms with van der Waals surface area (Å²) in [6, 6.07) is 0. The average molecular weight is 317 g/mol. The molecule has 0 aliphatic carbocycles. The summed E-state index contributed by atoms with van der Waals surface area (Å²) in [4.78, 5) is 23.7. The minimum atomic E-state index is -1.85. The van der Waals surface area contributed by atoms with Gasteiger partial charge in [-0.2, -0.15) is 0 Å². The van der Waals surface area contributed by atoms with Crippen molar-refractivity contribution in [2.24, 2.45) is 5.92 Å². The molecule has 4 nitrogen and oxygen atoms in total. The van der Waals surface area contributed by atoms with Gasteiger partial charge in [-0.1, -0.05) is 20.8 Å². The molecular formula is C16H32O4Si. The third-order valence-corrected chi connectivity index (χ3v) is 8.40. The van der Waals surface area contributed by atoms with Crippen molar-refractivity contribution in [2.75, 3.05) is 6.61 Å². The summed E-state index contributed by atoms with van der Waals surface area (Å²) in [5, 5.41) is 0.116. The first-order valence-corrected chi connectivity index (χ1v) is 10.5. The molecule has 0 N–H and O–H groups in total. The summed E-state index contributed by atoms with van der Waals surface area (Å²) < 4.78 is 11.3. The second kappa shape index (κ2) is 7.05. The summed E-state index contributed by atoms with van der Waals surface area (Å²) in [6.07, 6.45) is 0.386. The summed E-state index contributed by atoms with van der Waals surface area (Å²) in [5.41, 5.74) is -0.578. The Morgan fingerprint density at radius 1 is 1.05 bits per heavy atom. The van der Waals surface area contributed by atoms with Gasteiger partial charge in [0, 0.05) is 6.61 Å². The molecule has 0 saturated heterocycles. The zero-order chi connectivity index (χ0) is 17.1. The molecule has 0 aromatic carbocycles. The zero-order valence-corrected chi connectivity index (χ0v) is 16.1. The molecule has 0 aromatic rings. The Bertz CT molecular complexity index is 375. The highest BCUT2D eigenvalue weighted by Gasteiger charge is 2.37. The molecule has 5 heteroatoms. The van der Waals surface area contributed by atoms with E-state index in [1.165, 1.54) is 6.92 Å². The Kier molecular flexibility index (Phi) is 6.82. The van der Waals surface area contributed by atoms with E-state index in [0.717, 1.165) is 0 Å². The zero-order valence-electron chi connectivity index (χ0n) is 15.1. The topological polar surface area (TPSA) is 52.6 Å². The minimum absolute atomic E-state index is 0.116. The number of esters is 1. The van der Waals surface area contributed by atoms with Gasteiger partial charge in [0.1, 0.15) is 17.3 Å². The van der Waals surface area contributed by atoms with Crippen LogP contribution in [0.25, 0.3) is 0 Å². The fourth-order valence-electron chi connectivity index (χ4n) is 1.51. The van der Waals surface area contributed by atoms with E-state index in [1.807, 2.05) is 0 Å². The van der Waals surface area contributed by atoms with Crippen LogP contribution >= 0.6 is 0 Å². The number of hydrogen-bond acceptors (Lipinski definition) is 4. The first-order chi connectivity index (χ1) is 9.17. The molecule has 1 atom stereocenters. The van der Waals surface area contributed by atoms with Gasteiger partial charge >= 0.3 is 5.97 Å². The van der Waals surface area contributed by atoms with E-state index >= 15 is 0 Å². The van der Waals surface area contributed by atoms with Crippen LogP contribution in [0.2, 0.25) is 18.1 Å². The molecule has 0 amide bonds. The van der Waals surface area contributed by atoms with Crippen LogP contribution in [0.15, 0.2) is 0 Å². The van der Waals surface area contributed by atoms with Gasteiger partial charge in [0.2, 0.25) is 0 Å². The van der Waals surface area contributed by atoms with Crippen molar-refractivity contribution >= 4 is 20.1 Å². The predicted molar refractivity (Wildman–Crippen MR) is 87.8 cm³/mol. The number of carbonyl (C=O) groups is 2. The maximum absolute atomic E-state index is 12.1. The van der Waals surface area contributed by atoms with Crippen LogP contribution in [0.5, 0.6) is 0 Å². The number of Topliss-reactive ketones (excluding diaryl/α,β-unsaturated/α-hetero) is 1. The monoisotopic (exact) mass is 316 g/mol. The van der Waals surface area contributed by atoms with Crippen LogP contribution in [-0.4, -0.2) is 32.3 Å². The van der Waals surface area contributed by atoms with E-state index in [0.29, 0.717) is 13.0 Å². The number of carbonyl (C=O) groups excluding carboxylic acids is 2. The third kappa shape index (κ3) is 7.22. The van der Waals surface area contributed by atoms with Crippen LogP contribution in [0.1, 0.15) is 54.9 Å². The summed E-state index contributed by atoms with van der Waals surface area (Å²) >= 11 is 0. The lowest BCUT2D eigenvalue weighted by molar-refractivity contribution is -0.162. The van der Waals surface area contributed by atoms with Crippen molar-refractivity contribution in [3.05, 3.63) is 0 Å². The van der Waals surface area contributed by atoms with Gasteiger partial charge in [-0.05, 0) is 52.2 Å². The number of hydrogen-bond donors (Lipinski definition) is 0. The maximum atomic E-state index is 12.1. The minimum Gasteiger partial charge on any atom is -0.459 e. The van der Waals surface area contributed by atoms with Crippen LogP contribution in [0, 0.1) is 5.92 Å². The first kappa shape index (κ1) is 20.3. The molecule has 0 radical (unpaired) electrons. The van der Waals surface area contributed by atoms with Gasteiger partial charge in [-0.15, -0.1) is 0 Å². The summed E-state index contributed by atoms with van der Waals surface area (Å²) in [5.74, 6) is -1.34. The van der Waals surface area contributed by atoms with Crippen LogP contribution in [-0.2, 0) is 18.8 Å². The molecule has 0 aliphatic rings. The molecule has 1 unspecified atom stereocenters. The largest absolute Gasteiger partial charge is 0.459 e. The highest BCUT2D eigenvalue weighted by atomic mass is 28.4. The van der Waals surface area contributed by atoms with E-state index in [9.17, 15) is 9.59 Å². The van der Waals surface area contributed by atoms with Crippen molar-refractivity contribution in [3.8, 4) is 0 Å². The Morgan fingerprint density at radius 3 is 1.86 bits per heavy atom. The van der Waals surface area contributed by atoms with Crippen molar-refractivity contribution in [2.45, 2.75) is 78.6 Å². The van der Waals surface area contributed by atoms with Crippen molar-refractivity contribution in [3.63, 3.8) is 0 Å². The van der Waals surface area contributed by atoms with E-state index in [4.69, 9.17) is 9.16 Å². The van der Waals surface area contributed by atoms with Gasteiger partial charge in [0.05, 0.1) is 0 Å². The Labute approximate surface area is 130 Å². The van der Waals surface area contributed by atoms with Crippen LogP contribution in [0.4, 0.5) is 0 Å². The molecule has 0 fully saturated rings. The Balaban J connectivity index is 4.63. The smallest absolute Gasteiger partial charge is 0.317 e. The second-order valence-electron chi connectivity index (χ2n) is 8.09. The van der Waals surface area contributed by atoms with E-state index in [1.54, 1.807) is 20.8 Å². The van der Waals surface area contributed by atoms with Crippen molar-refractivity contribution in [1.29, 1.82) is 0 Å². The normalized spacial score (nSPS) is 14.7. The molecule has 0 aromatic heterocycles. The van der Waals surface area contributed by atoms with Gasteiger partial charge in [0.15, 0.2) is 8.32 Å². The Hall–Kier alpha value is -0.683. The SMILES string of the molecule is CC(=O)C(CCO[Si](C)(C)C(C)(C)C)C(=O)OC(C)(C)C. The predicted octanol–water partition coefficient (Wildman–Crippen LogP) is 3.95. The standard InChI is InChI=1S/C16H32O4Si/c1-12(17)13(14(18)20-15(2,3)4)10-11-19-21(8,9)16(5,6)7/h13H,10-11H2,1-9H3. The molecule has 0 heterocycles. The molecule has 0 aliphatic heterocycles. The maximum Gasteiger partial charge on any atom is 0.317 e. The lowest BCUT2D eigenvalue weighted by Crippen LogP contribution is -2.41. The van der Waals surface area contributed by atoms with Gasteiger partial charge < -0.3 is 9.16 Å². The lowest BCUT2D eigenvalue weighted by Gasteiger charge is -2.36. The number of ether oxygens (including phenoxy) is 1. The average Bonchev–Trinajstić information content (AvgIpc) is 2.19. The number of ketones is 1. The molecule has 0 bridgehead atoms. The van der Waals surface area contributed by atoms with Crippen molar-refractivity contribution < 1.29 is 18.8 Å². The first-order valence-electron chi connectivity index (χ1n) is 7.54. The van der Waals surface area contributed by atoms with Gasteiger partial charge in [0.25, 0.3) is 0 Å². The molecule has 0 rings (SSSR count). The highest BCUT2D eigenvalue weighted by molar-refractivity contribution is 6.74. The summed E-state index contributed by atoms with van der Waals surface area (Å²) in [6.45, 7) is 18.0. The highest BCUT2D eigenvalue weighted by Crippen LogP contribution is 2.36. The Morgan fingerprint density at radius 2 is 1.52 bits per heavy atom. The lowest BCUT2D eigenvalue weighted by atomic mass is 10.0. The second-order valence-corrected chi connectivity index (χ2v) is 12.9. The molecule has 0 spiro atoms. The van der Waals surface area contributed by atoms with E-state index in [2.05, 4.69) is 33.9 Å².